The van der Waals surface area contributed by atoms with E-state index in [9.17, 15) is 17.2 Å². The summed E-state index contributed by atoms with van der Waals surface area (Å²) in [6.07, 6.45) is 6.08. The van der Waals surface area contributed by atoms with E-state index in [0.717, 1.165) is 34.1 Å². The quantitative estimate of drug-likeness (QED) is 0.290. The maximum absolute atomic E-state index is 14.1. The minimum atomic E-state index is -4.22. The van der Waals surface area contributed by atoms with Crippen LogP contribution in [0.15, 0.2) is 83.5 Å². The average Bonchev–Trinajstić information content (AvgIpc) is 3.27. The largest absolute Gasteiger partial charge is 0.324 e. The van der Waals surface area contributed by atoms with Crippen LogP contribution in [0.3, 0.4) is 0 Å². The molecule has 0 fully saturated rings. The van der Waals surface area contributed by atoms with Gasteiger partial charge in [0.05, 0.1) is 5.52 Å². The van der Waals surface area contributed by atoms with Gasteiger partial charge in [0.2, 0.25) is 15.8 Å². The topological polar surface area (TPSA) is 115 Å². The van der Waals surface area contributed by atoms with Crippen LogP contribution in [0, 0.1) is 11.6 Å². The molecule has 186 valence electrons. The lowest BCUT2D eigenvalue weighted by Crippen LogP contribution is -2.04. The van der Waals surface area contributed by atoms with Crippen molar-refractivity contribution in [1.82, 2.24) is 24.7 Å². The second-order valence-corrected chi connectivity index (χ2v) is 9.76. The number of nitrogens with one attached hydrogen (secondary N) is 2. The number of pyridine rings is 1. The molecule has 2 aromatic carbocycles. The number of fused-ring (bicyclic) bond motifs is 1. The second kappa shape index (κ2) is 9.74. The molecule has 2 N–H and O–H groups in total. The number of hydrogen-bond donors (Lipinski definition) is 2. The molecular formula is C25H19F2N7O2S. The first-order valence-corrected chi connectivity index (χ1v) is 12.5. The number of sulfone groups is 1. The standard InChI is InChI=1S/C25H19F2N7O2S/c1-34-11-8-23(33-34)31-24-17(9-12-37(35,36)22-7-4-18(26)14-20(22)27)15-29-25(32-24)30-19-5-6-21-16(13-19)3-2-10-28-21/h2-15H,1H3,(H2,29,30,31,32,33)/b12-9+. The third-order valence-corrected chi connectivity index (χ3v) is 6.70. The van der Waals surface area contributed by atoms with Crippen LogP contribution in [-0.2, 0) is 16.9 Å². The van der Waals surface area contributed by atoms with Crippen LogP contribution in [0.5, 0.6) is 0 Å². The third kappa shape index (κ3) is 5.43. The van der Waals surface area contributed by atoms with E-state index in [0.29, 0.717) is 17.4 Å². The number of halogens is 2. The molecule has 3 aromatic heterocycles. The average molecular weight is 520 g/mol. The Balaban J connectivity index is 1.48. The molecule has 0 spiro atoms. The first-order chi connectivity index (χ1) is 17.8. The van der Waals surface area contributed by atoms with Crippen molar-refractivity contribution < 1.29 is 17.2 Å². The fourth-order valence-corrected chi connectivity index (χ4v) is 4.56. The lowest BCUT2D eigenvalue weighted by atomic mass is 10.2. The Kier molecular flexibility index (Phi) is 6.32. The molecule has 0 aliphatic carbocycles. The van der Waals surface area contributed by atoms with Gasteiger partial charge in [-0.3, -0.25) is 9.67 Å². The molecule has 37 heavy (non-hydrogen) atoms. The van der Waals surface area contributed by atoms with Gasteiger partial charge in [-0.05, 0) is 42.5 Å². The molecule has 0 aliphatic heterocycles. The fraction of sp³-hybridized carbons (Fsp3) is 0.0400. The highest BCUT2D eigenvalue weighted by Gasteiger charge is 2.17. The summed E-state index contributed by atoms with van der Waals surface area (Å²) in [5.41, 5.74) is 1.86. The van der Waals surface area contributed by atoms with Crippen LogP contribution >= 0.6 is 0 Å². The maximum atomic E-state index is 14.1. The highest BCUT2D eigenvalue weighted by molar-refractivity contribution is 7.94. The van der Waals surface area contributed by atoms with Gasteiger partial charge in [-0.2, -0.15) is 10.1 Å². The number of aryl methyl sites for hydroxylation is 1. The SMILES string of the molecule is Cn1ccc(Nc2nc(Nc3ccc4ncccc4c3)ncc2/C=C/S(=O)(=O)c2ccc(F)cc2F)n1. The highest BCUT2D eigenvalue weighted by Crippen LogP contribution is 2.25. The summed E-state index contributed by atoms with van der Waals surface area (Å²) in [6.45, 7) is 0. The summed E-state index contributed by atoms with van der Waals surface area (Å²) in [4.78, 5) is 12.4. The Morgan fingerprint density at radius 2 is 1.86 bits per heavy atom. The van der Waals surface area contributed by atoms with E-state index in [1.165, 1.54) is 12.3 Å². The Labute approximate surface area is 210 Å². The summed E-state index contributed by atoms with van der Waals surface area (Å²) in [5, 5.41) is 12.2. The van der Waals surface area contributed by atoms with E-state index < -0.39 is 26.4 Å². The predicted octanol–water partition coefficient (Wildman–Crippen LogP) is 4.97. The number of anilines is 4. The van der Waals surface area contributed by atoms with Crippen LogP contribution in [0.25, 0.3) is 17.0 Å². The molecule has 9 nitrogen and oxygen atoms in total. The van der Waals surface area contributed by atoms with Crippen molar-refractivity contribution in [3.8, 4) is 0 Å². The van der Waals surface area contributed by atoms with Gasteiger partial charge >= 0.3 is 0 Å². The van der Waals surface area contributed by atoms with Crippen LogP contribution in [0.4, 0.5) is 32.1 Å². The number of hydrogen-bond acceptors (Lipinski definition) is 8. The molecule has 3 heterocycles. The Morgan fingerprint density at radius 1 is 1.00 bits per heavy atom. The van der Waals surface area contributed by atoms with Crippen molar-refractivity contribution in [2.45, 2.75) is 4.90 Å². The number of benzene rings is 2. The smallest absolute Gasteiger partial charge is 0.229 e. The minimum Gasteiger partial charge on any atom is -0.324 e. The number of aromatic nitrogens is 5. The highest BCUT2D eigenvalue weighted by atomic mass is 32.2. The van der Waals surface area contributed by atoms with Crippen molar-refractivity contribution >= 4 is 50.1 Å². The van der Waals surface area contributed by atoms with E-state index in [1.54, 1.807) is 30.2 Å². The number of nitrogens with zero attached hydrogens (tertiary/aromatic N) is 5. The molecule has 12 heteroatoms. The summed E-state index contributed by atoms with van der Waals surface area (Å²) >= 11 is 0. The van der Waals surface area contributed by atoms with E-state index in [2.05, 4.69) is 30.7 Å². The van der Waals surface area contributed by atoms with Crippen LogP contribution in [0.2, 0.25) is 0 Å². The zero-order chi connectivity index (χ0) is 26.0. The summed E-state index contributed by atoms with van der Waals surface area (Å²) in [7, 11) is -2.47. The van der Waals surface area contributed by atoms with Gasteiger partial charge in [0.25, 0.3) is 0 Å². The molecule has 0 unspecified atom stereocenters. The Bertz CT molecular complexity index is 1750. The van der Waals surface area contributed by atoms with E-state index >= 15 is 0 Å². The second-order valence-electron chi connectivity index (χ2n) is 7.96. The van der Waals surface area contributed by atoms with Crippen LogP contribution in [-0.4, -0.2) is 33.2 Å². The summed E-state index contributed by atoms with van der Waals surface area (Å²) in [5.74, 6) is -1.10. The van der Waals surface area contributed by atoms with Crippen molar-refractivity contribution in [2.24, 2.45) is 7.05 Å². The molecule has 0 amide bonds. The van der Waals surface area contributed by atoms with Crippen LogP contribution < -0.4 is 10.6 Å². The molecule has 5 aromatic rings. The van der Waals surface area contributed by atoms with Gasteiger partial charge in [0.1, 0.15) is 22.3 Å². The van der Waals surface area contributed by atoms with Crippen molar-refractivity contribution in [1.29, 1.82) is 0 Å². The van der Waals surface area contributed by atoms with Gasteiger partial charge < -0.3 is 10.6 Å². The van der Waals surface area contributed by atoms with Gasteiger partial charge in [0, 0.05) is 59.8 Å². The first kappa shape index (κ1) is 24.0. The van der Waals surface area contributed by atoms with Gasteiger partial charge in [-0.15, -0.1) is 0 Å². The normalized spacial score (nSPS) is 11.8. The van der Waals surface area contributed by atoms with Crippen LogP contribution in [0.1, 0.15) is 5.56 Å². The van der Waals surface area contributed by atoms with Gasteiger partial charge in [-0.25, -0.2) is 22.2 Å². The minimum absolute atomic E-state index is 0.242. The molecule has 0 radical (unpaired) electrons. The predicted molar refractivity (Wildman–Crippen MR) is 136 cm³/mol. The van der Waals surface area contributed by atoms with Crippen molar-refractivity contribution in [3.05, 3.63) is 95.8 Å². The molecule has 0 bridgehead atoms. The lowest BCUT2D eigenvalue weighted by Gasteiger charge is -2.11. The molecule has 5 rings (SSSR count). The van der Waals surface area contributed by atoms with Gasteiger partial charge in [0.15, 0.2) is 5.82 Å². The Hall–Kier alpha value is -4.71. The monoisotopic (exact) mass is 519 g/mol. The van der Waals surface area contributed by atoms with Crippen molar-refractivity contribution in [2.75, 3.05) is 10.6 Å². The molecular weight excluding hydrogens is 500 g/mol. The molecule has 0 saturated carbocycles. The molecule has 0 saturated heterocycles. The van der Waals surface area contributed by atoms with E-state index in [-0.39, 0.29) is 11.8 Å². The summed E-state index contributed by atoms with van der Waals surface area (Å²) < 4.78 is 54.3. The first-order valence-electron chi connectivity index (χ1n) is 10.9. The van der Waals surface area contributed by atoms with Gasteiger partial charge in [-0.1, -0.05) is 6.07 Å². The zero-order valence-corrected chi connectivity index (χ0v) is 20.1. The molecule has 0 aliphatic rings. The summed E-state index contributed by atoms with van der Waals surface area (Å²) in [6, 6.07) is 13.3. The Morgan fingerprint density at radius 3 is 2.65 bits per heavy atom. The fourth-order valence-electron chi connectivity index (χ4n) is 3.50. The molecule has 0 atom stereocenters. The maximum Gasteiger partial charge on any atom is 0.229 e. The van der Waals surface area contributed by atoms with E-state index in [1.807, 2.05) is 30.3 Å². The van der Waals surface area contributed by atoms with E-state index in [4.69, 9.17) is 0 Å². The third-order valence-electron chi connectivity index (χ3n) is 5.26. The van der Waals surface area contributed by atoms with Crippen molar-refractivity contribution in [3.63, 3.8) is 0 Å². The number of rotatable bonds is 7. The lowest BCUT2D eigenvalue weighted by molar-refractivity contribution is 0.552. The zero-order valence-electron chi connectivity index (χ0n) is 19.3.